The molecule has 0 aliphatic heterocycles. The van der Waals surface area contributed by atoms with Crippen molar-refractivity contribution in [3.63, 3.8) is 0 Å². The van der Waals surface area contributed by atoms with Gasteiger partial charge >= 0.3 is 5.97 Å². The summed E-state index contributed by atoms with van der Waals surface area (Å²) in [6, 6.07) is 7.01. The number of hydrogen-bond acceptors (Lipinski definition) is 3. The highest BCUT2D eigenvalue weighted by Crippen LogP contribution is 2.29. The molecule has 0 spiro atoms. The average Bonchev–Trinajstić information content (AvgIpc) is 2.74. The number of aryl methyl sites for hydroxylation is 1. The van der Waals surface area contributed by atoms with E-state index >= 15 is 0 Å². The number of ether oxygens (including phenoxy) is 1. The molecule has 6 heteroatoms. The van der Waals surface area contributed by atoms with Crippen molar-refractivity contribution in [2.45, 2.75) is 20.0 Å². The molecule has 1 atom stereocenters. The molecule has 0 saturated heterocycles. The second-order valence-electron chi connectivity index (χ2n) is 4.10. The minimum absolute atomic E-state index is 0.138. The Kier molecular flexibility index (Phi) is 3.76. The van der Waals surface area contributed by atoms with E-state index in [1.54, 1.807) is 38.1 Å². The molecule has 1 heterocycles. The fraction of sp³-hybridized carbons (Fsp3) is 0.231. The minimum atomic E-state index is -1.03. The normalized spacial score (nSPS) is 12.2. The van der Waals surface area contributed by atoms with Crippen LogP contribution in [0.2, 0.25) is 5.02 Å². The lowest BCUT2D eigenvalue weighted by molar-refractivity contribution is 0.0691. The Morgan fingerprint density at radius 3 is 2.79 bits per heavy atom. The van der Waals surface area contributed by atoms with Gasteiger partial charge in [0.15, 0.2) is 0 Å². The monoisotopic (exact) mass is 280 g/mol. The van der Waals surface area contributed by atoms with E-state index in [2.05, 4.69) is 10.2 Å². The third-order valence-corrected chi connectivity index (χ3v) is 3.03. The fourth-order valence-corrected chi connectivity index (χ4v) is 1.98. The second kappa shape index (κ2) is 5.32. The molecule has 1 aromatic heterocycles. The molecule has 1 unspecified atom stereocenters. The molecule has 0 amide bonds. The maximum absolute atomic E-state index is 11.2. The quantitative estimate of drug-likeness (QED) is 0.902. The Hall–Kier alpha value is -2.01. The first kappa shape index (κ1) is 13.4. The van der Waals surface area contributed by atoms with Crippen LogP contribution in [0.25, 0.3) is 0 Å². The number of nitrogens with one attached hydrogen (secondary N) is 1. The van der Waals surface area contributed by atoms with Gasteiger partial charge in [0.05, 0.1) is 5.02 Å². The molecule has 1 aromatic carbocycles. The predicted molar refractivity (Wildman–Crippen MR) is 70.8 cm³/mol. The van der Waals surface area contributed by atoms with Crippen molar-refractivity contribution in [1.82, 2.24) is 10.2 Å². The van der Waals surface area contributed by atoms with Crippen molar-refractivity contribution >= 4 is 17.6 Å². The number of aromatic amines is 1. The topological polar surface area (TPSA) is 75.2 Å². The number of rotatable bonds is 4. The van der Waals surface area contributed by atoms with Gasteiger partial charge in [0.1, 0.15) is 23.1 Å². The average molecular weight is 281 g/mol. The first-order valence-electron chi connectivity index (χ1n) is 5.70. The van der Waals surface area contributed by atoms with Crippen LogP contribution in [0.15, 0.2) is 24.3 Å². The van der Waals surface area contributed by atoms with Gasteiger partial charge in [0, 0.05) is 5.69 Å². The Morgan fingerprint density at radius 1 is 1.47 bits per heavy atom. The van der Waals surface area contributed by atoms with Crippen LogP contribution in [-0.2, 0) is 0 Å². The van der Waals surface area contributed by atoms with E-state index in [4.69, 9.17) is 21.4 Å². The fourth-order valence-electron chi connectivity index (χ4n) is 1.80. The van der Waals surface area contributed by atoms with Crippen LogP contribution in [0.4, 0.5) is 0 Å². The van der Waals surface area contributed by atoms with Crippen LogP contribution >= 0.6 is 11.6 Å². The lowest BCUT2D eigenvalue weighted by atomic mass is 10.1. The zero-order valence-corrected chi connectivity index (χ0v) is 11.2. The molecule has 19 heavy (non-hydrogen) atoms. The Bertz CT molecular complexity index is 610. The number of benzene rings is 1. The Labute approximate surface area is 115 Å². The summed E-state index contributed by atoms with van der Waals surface area (Å²) in [6.07, 6.45) is -0.518. The summed E-state index contributed by atoms with van der Waals surface area (Å²) < 4.78 is 5.66. The third kappa shape index (κ3) is 2.71. The molecule has 100 valence electrons. The second-order valence-corrected chi connectivity index (χ2v) is 4.51. The molecular formula is C13H13ClN2O3. The van der Waals surface area contributed by atoms with Crippen LogP contribution in [-0.4, -0.2) is 21.3 Å². The number of aromatic carboxylic acids is 1. The molecular weight excluding hydrogens is 268 g/mol. The van der Waals surface area contributed by atoms with E-state index in [1.807, 2.05) is 0 Å². The summed E-state index contributed by atoms with van der Waals surface area (Å²) in [4.78, 5) is 11.2. The van der Waals surface area contributed by atoms with Crippen LogP contribution in [0, 0.1) is 6.92 Å². The summed E-state index contributed by atoms with van der Waals surface area (Å²) in [6.45, 7) is 3.38. The number of halogens is 1. The highest BCUT2D eigenvalue weighted by molar-refractivity contribution is 6.32. The van der Waals surface area contributed by atoms with Gasteiger partial charge in [-0.25, -0.2) is 4.79 Å². The third-order valence-electron chi connectivity index (χ3n) is 2.71. The maximum atomic E-state index is 11.2. The summed E-state index contributed by atoms with van der Waals surface area (Å²) >= 11 is 5.99. The SMILES string of the molecule is Cc1[nH]nc(C(C)Oc2ccccc2Cl)c1C(=O)O. The van der Waals surface area contributed by atoms with Gasteiger partial charge in [0.25, 0.3) is 0 Å². The smallest absolute Gasteiger partial charge is 0.339 e. The number of carboxylic acids is 1. The van der Waals surface area contributed by atoms with Crippen molar-refractivity contribution in [2.75, 3.05) is 0 Å². The number of nitrogens with zero attached hydrogens (tertiary/aromatic N) is 1. The lowest BCUT2D eigenvalue weighted by Gasteiger charge is -2.14. The number of hydrogen-bond donors (Lipinski definition) is 2. The van der Waals surface area contributed by atoms with Gasteiger partial charge in [-0.05, 0) is 26.0 Å². The van der Waals surface area contributed by atoms with Crippen LogP contribution < -0.4 is 4.74 Å². The van der Waals surface area contributed by atoms with Crippen molar-refractivity contribution in [3.05, 3.63) is 46.2 Å². The summed E-state index contributed by atoms with van der Waals surface area (Å²) in [5.74, 6) is -0.537. The van der Waals surface area contributed by atoms with E-state index in [-0.39, 0.29) is 5.56 Å². The molecule has 2 N–H and O–H groups in total. The Morgan fingerprint density at radius 2 is 2.16 bits per heavy atom. The van der Waals surface area contributed by atoms with Crippen molar-refractivity contribution in [2.24, 2.45) is 0 Å². The highest BCUT2D eigenvalue weighted by atomic mass is 35.5. The predicted octanol–water partition coefficient (Wildman–Crippen LogP) is 3.21. The summed E-state index contributed by atoms with van der Waals surface area (Å²) in [5.41, 5.74) is 0.988. The Balaban J connectivity index is 2.28. The van der Waals surface area contributed by atoms with Crippen molar-refractivity contribution in [3.8, 4) is 5.75 Å². The van der Waals surface area contributed by atoms with E-state index in [1.165, 1.54) is 0 Å². The standard InChI is InChI=1S/C13H13ClN2O3/c1-7-11(13(17)18)12(16-15-7)8(2)19-10-6-4-3-5-9(10)14/h3-6,8H,1-2H3,(H,15,16)(H,17,18). The number of para-hydroxylation sites is 1. The van der Waals surface area contributed by atoms with Crippen LogP contribution in [0.1, 0.15) is 34.8 Å². The lowest BCUT2D eigenvalue weighted by Crippen LogP contribution is -2.10. The molecule has 2 rings (SSSR count). The summed E-state index contributed by atoms with van der Waals surface area (Å²) in [5, 5.41) is 16.3. The zero-order chi connectivity index (χ0) is 14.0. The van der Waals surface area contributed by atoms with Gasteiger partial charge < -0.3 is 9.84 Å². The van der Waals surface area contributed by atoms with Gasteiger partial charge in [-0.15, -0.1) is 0 Å². The molecule has 2 aromatic rings. The van der Waals surface area contributed by atoms with Crippen molar-refractivity contribution < 1.29 is 14.6 Å². The molecule has 0 aliphatic carbocycles. The molecule has 5 nitrogen and oxygen atoms in total. The largest absolute Gasteiger partial charge is 0.483 e. The van der Waals surface area contributed by atoms with E-state index in [0.717, 1.165) is 0 Å². The first-order valence-corrected chi connectivity index (χ1v) is 6.08. The van der Waals surface area contributed by atoms with E-state index < -0.39 is 12.1 Å². The molecule has 0 fully saturated rings. The van der Waals surface area contributed by atoms with E-state index in [9.17, 15) is 4.79 Å². The van der Waals surface area contributed by atoms with Gasteiger partial charge in [0.2, 0.25) is 0 Å². The zero-order valence-electron chi connectivity index (χ0n) is 10.5. The number of carbonyl (C=O) groups is 1. The first-order chi connectivity index (χ1) is 9.00. The van der Waals surface area contributed by atoms with Gasteiger partial charge in [-0.2, -0.15) is 5.10 Å². The van der Waals surface area contributed by atoms with Crippen molar-refractivity contribution in [1.29, 1.82) is 0 Å². The maximum Gasteiger partial charge on any atom is 0.339 e. The number of aromatic nitrogens is 2. The van der Waals surface area contributed by atoms with Gasteiger partial charge in [-0.1, -0.05) is 23.7 Å². The van der Waals surface area contributed by atoms with E-state index in [0.29, 0.717) is 22.2 Å². The number of carboxylic acid groups (broad SMARTS) is 1. The van der Waals surface area contributed by atoms with Gasteiger partial charge in [-0.3, -0.25) is 5.10 Å². The summed E-state index contributed by atoms with van der Waals surface area (Å²) in [7, 11) is 0. The molecule has 0 bridgehead atoms. The highest BCUT2D eigenvalue weighted by Gasteiger charge is 2.23. The molecule has 0 radical (unpaired) electrons. The molecule has 0 saturated carbocycles. The number of H-pyrrole nitrogens is 1. The van der Waals surface area contributed by atoms with Crippen LogP contribution in [0.5, 0.6) is 5.75 Å². The molecule has 0 aliphatic rings. The van der Waals surface area contributed by atoms with Crippen LogP contribution in [0.3, 0.4) is 0 Å². The minimum Gasteiger partial charge on any atom is -0.483 e.